The van der Waals surface area contributed by atoms with E-state index < -0.39 is 32.7 Å². The van der Waals surface area contributed by atoms with E-state index in [4.69, 9.17) is 5.26 Å². The molecule has 0 spiro atoms. The van der Waals surface area contributed by atoms with Crippen LogP contribution in [0.1, 0.15) is 12.6 Å². The van der Waals surface area contributed by atoms with Crippen molar-refractivity contribution in [2.24, 2.45) is 0 Å². The van der Waals surface area contributed by atoms with E-state index in [9.17, 15) is 21.6 Å². The summed E-state index contributed by atoms with van der Waals surface area (Å²) in [6, 6.07) is 3.04. The zero-order valence-electron chi connectivity index (χ0n) is 9.02. The maximum Gasteiger partial charge on any atom is 0.574 e. The predicted molar refractivity (Wildman–Crippen MR) is 53.4 cm³/mol. The van der Waals surface area contributed by atoms with Gasteiger partial charge in [-0.25, -0.2) is 13.4 Å². The summed E-state index contributed by atoms with van der Waals surface area (Å²) in [5.41, 5.74) is -0.626. The molecule has 5 nitrogen and oxygen atoms in total. The Labute approximate surface area is 101 Å². The number of ether oxygens (including phenoxy) is 1. The summed E-state index contributed by atoms with van der Waals surface area (Å²) in [4.78, 5) is 2.79. The molecule has 0 bridgehead atoms. The zero-order valence-corrected chi connectivity index (χ0v) is 9.84. The molecular weight excluding hydrogens is 273 g/mol. The molecule has 0 radical (unpaired) electrons. The van der Waals surface area contributed by atoms with Crippen LogP contribution in [0, 0.1) is 11.3 Å². The molecule has 0 N–H and O–H groups in total. The molecule has 0 aromatic carbocycles. The Hall–Kier alpha value is -1.82. The van der Waals surface area contributed by atoms with Gasteiger partial charge in [-0.2, -0.15) is 5.26 Å². The van der Waals surface area contributed by atoms with Crippen molar-refractivity contribution in [1.29, 1.82) is 5.26 Å². The third kappa shape index (κ3) is 3.33. The number of nitrogens with zero attached hydrogens (tertiary/aromatic N) is 2. The van der Waals surface area contributed by atoms with Crippen LogP contribution in [0.4, 0.5) is 13.2 Å². The Morgan fingerprint density at radius 2 is 2.06 bits per heavy atom. The van der Waals surface area contributed by atoms with Crippen LogP contribution in [-0.4, -0.2) is 25.5 Å². The Balaban J connectivity index is 3.26. The molecule has 0 fully saturated rings. The molecule has 0 saturated heterocycles. The Kier molecular flexibility index (Phi) is 3.81. The number of halogens is 3. The lowest BCUT2D eigenvalue weighted by Crippen LogP contribution is -2.18. The smallest absolute Gasteiger partial charge is 0.388 e. The van der Waals surface area contributed by atoms with Gasteiger partial charge in [0, 0.05) is 6.07 Å². The maximum absolute atomic E-state index is 11.9. The first-order valence-electron chi connectivity index (χ1n) is 4.59. The second-order valence-electron chi connectivity index (χ2n) is 3.06. The molecule has 18 heavy (non-hydrogen) atoms. The van der Waals surface area contributed by atoms with Crippen molar-refractivity contribution in [3.63, 3.8) is 0 Å². The molecule has 1 heterocycles. The molecule has 0 aliphatic heterocycles. The van der Waals surface area contributed by atoms with Crippen molar-refractivity contribution in [2.45, 2.75) is 18.2 Å². The van der Waals surface area contributed by atoms with Crippen molar-refractivity contribution in [1.82, 2.24) is 4.98 Å². The highest BCUT2D eigenvalue weighted by Gasteiger charge is 2.32. The van der Waals surface area contributed by atoms with Gasteiger partial charge in [-0.05, 0) is 6.07 Å². The normalized spacial score (nSPS) is 11.9. The van der Waals surface area contributed by atoms with Gasteiger partial charge in [-0.15, -0.1) is 13.2 Å². The summed E-state index contributed by atoms with van der Waals surface area (Å²) in [6.07, 6.45) is -4.95. The van der Waals surface area contributed by atoms with Gasteiger partial charge in [-0.1, -0.05) is 6.92 Å². The summed E-state index contributed by atoms with van der Waals surface area (Å²) in [7, 11) is -3.72. The molecule has 0 atom stereocenters. The summed E-state index contributed by atoms with van der Waals surface area (Å²) in [5, 5.41) is 8.69. The van der Waals surface area contributed by atoms with Crippen LogP contribution < -0.4 is 4.74 Å². The highest BCUT2D eigenvalue weighted by Crippen LogP contribution is 2.24. The lowest BCUT2D eigenvalue weighted by atomic mass is 10.4. The summed E-state index contributed by atoms with van der Waals surface area (Å²) in [6.45, 7) is 1.34. The molecule has 0 unspecified atom stereocenters. The number of sulfone groups is 1. The molecule has 98 valence electrons. The van der Waals surface area contributed by atoms with E-state index in [2.05, 4.69) is 9.72 Å². The topological polar surface area (TPSA) is 80.1 Å². The second-order valence-corrected chi connectivity index (χ2v) is 5.31. The molecular formula is C9H7F3N2O3S. The van der Waals surface area contributed by atoms with Crippen LogP contribution in [0.5, 0.6) is 5.88 Å². The van der Waals surface area contributed by atoms with Gasteiger partial charge < -0.3 is 4.74 Å². The molecule has 1 aromatic heterocycles. The number of hydrogen-bond donors (Lipinski definition) is 0. The Morgan fingerprint density at radius 3 is 2.50 bits per heavy atom. The molecule has 0 aliphatic rings. The fourth-order valence-electron chi connectivity index (χ4n) is 1.09. The Morgan fingerprint density at radius 1 is 1.44 bits per heavy atom. The highest BCUT2D eigenvalue weighted by molar-refractivity contribution is 7.91. The monoisotopic (exact) mass is 280 g/mol. The SMILES string of the molecule is CCS(=O)(=O)c1ccc(OC(F)(F)F)nc1C#N. The predicted octanol–water partition coefficient (Wildman–Crippen LogP) is 1.65. The van der Waals surface area contributed by atoms with E-state index >= 15 is 0 Å². The van der Waals surface area contributed by atoms with Crippen molar-refractivity contribution >= 4 is 9.84 Å². The Bertz CT molecular complexity index is 590. The fourth-order valence-corrected chi connectivity index (χ4v) is 2.06. The second kappa shape index (κ2) is 4.81. The molecule has 0 amide bonds. The number of alkyl halides is 3. The van der Waals surface area contributed by atoms with Crippen molar-refractivity contribution < 1.29 is 26.3 Å². The minimum absolute atomic E-state index is 0.289. The average Bonchev–Trinajstić information content (AvgIpc) is 2.26. The van der Waals surface area contributed by atoms with E-state index in [1.807, 2.05) is 0 Å². The van der Waals surface area contributed by atoms with Crippen molar-refractivity contribution in [3.05, 3.63) is 17.8 Å². The van der Waals surface area contributed by atoms with E-state index in [1.165, 1.54) is 13.0 Å². The number of pyridine rings is 1. The van der Waals surface area contributed by atoms with Crippen molar-refractivity contribution in [3.8, 4) is 11.9 Å². The minimum Gasteiger partial charge on any atom is -0.388 e. The summed E-state index contributed by atoms with van der Waals surface area (Å²) >= 11 is 0. The van der Waals surface area contributed by atoms with Crippen LogP contribution in [0.15, 0.2) is 17.0 Å². The lowest BCUT2D eigenvalue weighted by molar-refractivity contribution is -0.276. The van der Waals surface area contributed by atoms with Crippen LogP contribution in [0.3, 0.4) is 0 Å². The third-order valence-corrected chi connectivity index (χ3v) is 3.63. The minimum atomic E-state index is -4.95. The number of nitriles is 1. The number of aromatic nitrogens is 1. The van der Waals surface area contributed by atoms with E-state index in [-0.39, 0.29) is 5.75 Å². The van der Waals surface area contributed by atoms with Crippen LogP contribution in [0.25, 0.3) is 0 Å². The van der Waals surface area contributed by atoms with Gasteiger partial charge in [0.05, 0.1) is 5.75 Å². The van der Waals surface area contributed by atoms with Gasteiger partial charge in [0.25, 0.3) is 0 Å². The summed E-state index contributed by atoms with van der Waals surface area (Å²) in [5.74, 6) is -1.17. The first kappa shape index (κ1) is 14.2. The van der Waals surface area contributed by atoms with Crippen LogP contribution >= 0.6 is 0 Å². The molecule has 1 aromatic rings. The average molecular weight is 280 g/mol. The first-order valence-corrected chi connectivity index (χ1v) is 6.24. The fraction of sp³-hybridized carbons (Fsp3) is 0.333. The van der Waals surface area contributed by atoms with E-state index in [1.54, 1.807) is 0 Å². The largest absolute Gasteiger partial charge is 0.574 e. The van der Waals surface area contributed by atoms with Gasteiger partial charge in [0.1, 0.15) is 11.0 Å². The van der Waals surface area contributed by atoms with E-state index in [0.29, 0.717) is 0 Å². The van der Waals surface area contributed by atoms with Crippen molar-refractivity contribution in [2.75, 3.05) is 5.75 Å². The quantitative estimate of drug-likeness (QED) is 0.841. The van der Waals surface area contributed by atoms with Gasteiger partial charge in [0.15, 0.2) is 15.5 Å². The van der Waals surface area contributed by atoms with Gasteiger partial charge >= 0.3 is 6.36 Å². The van der Waals surface area contributed by atoms with Crippen LogP contribution in [0.2, 0.25) is 0 Å². The van der Waals surface area contributed by atoms with Gasteiger partial charge in [-0.3, -0.25) is 0 Å². The molecule has 0 aliphatic carbocycles. The lowest BCUT2D eigenvalue weighted by Gasteiger charge is -2.09. The first-order chi connectivity index (χ1) is 8.19. The zero-order chi connectivity index (χ0) is 14.0. The van der Waals surface area contributed by atoms with E-state index in [0.717, 1.165) is 12.1 Å². The maximum atomic E-state index is 11.9. The number of rotatable bonds is 3. The number of hydrogen-bond acceptors (Lipinski definition) is 5. The van der Waals surface area contributed by atoms with Gasteiger partial charge in [0.2, 0.25) is 5.88 Å². The third-order valence-electron chi connectivity index (χ3n) is 1.87. The molecule has 1 rings (SSSR count). The summed E-state index contributed by atoms with van der Waals surface area (Å²) < 4.78 is 62.3. The van der Waals surface area contributed by atoms with Crippen LogP contribution in [-0.2, 0) is 9.84 Å². The molecule has 0 saturated carbocycles. The molecule has 9 heteroatoms. The highest BCUT2D eigenvalue weighted by atomic mass is 32.2. The standard InChI is InChI=1S/C9H7F3N2O3S/c1-2-18(15,16)7-3-4-8(14-6(7)5-13)17-9(10,11)12/h3-4H,2H2,1H3.